The molecule has 0 aromatic carbocycles. The summed E-state index contributed by atoms with van der Waals surface area (Å²) < 4.78 is 20.6. The van der Waals surface area contributed by atoms with Crippen molar-refractivity contribution in [3.8, 4) is 0 Å². The quantitative estimate of drug-likeness (QED) is 0.140. The third kappa shape index (κ3) is 68.0. The molecule has 8 rings (SSSR count). The van der Waals surface area contributed by atoms with Gasteiger partial charge in [-0.05, 0) is 41.5 Å². The van der Waals surface area contributed by atoms with Gasteiger partial charge in [-0.3, -0.25) is 9.97 Å². The van der Waals surface area contributed by atoms with Gasteiger partial charge in [0, 0.05) is 49.2 Å². The van der Waals surface area contributed by atoms with Crippen LogP contribution < -0.4 is 0 Å². The highest BCUT2D eigenvalue weighted by atomic mass is 32.1. The molecule has 0 saturated carbocycles. The number of oxazole rings is 3. The van der Waals surface area contributed by atoms with E-state index in [1.165, 1.54) is 24.1 Å². The van der Waals surface area contributed by atoms with Crippen LogP contribution in [0.25, 0.3) is 0 Å². The highest BCUT2D eigenvalue weighted by Crippen LogP contribution is 2.00. The third-order valence-electron chi connectivity index (χ3n) is 4.55. The van der Waals surface area contributed by atoms with Gasteiger partial charge in [-0.1, -0.05) is 111 Å². The monoisotopic (exact) mass is 968 g/mol. The molecule has 8 aromatic rings. The second kappa shape index (κ2) is 70.5. The van der Waals surface area contributed by atoms with Gasteiger partial charge < -0.3 is 22.2 Å². The van der Waals surface area contributed by atoms with Crippen molar-refractivity contribution in [2.75, 3.05) is 0 Å². The summed E-state index contributed by atoms with van der Waals surface area (Å²) >= 11 is 4.85. The molecule has 0 atom stereocenters. The van der Waals surface area contributed by atoms with Crippen molar-refractivity contribution in [1.82, 2.24) is 54.9 Å². The average Bonchev–Trinajstić information content (AvgIpc) is 4.20. The summed E-state index contributed by atoms with van der Waals surface area (Å²) in [5.41, 5.74) is 8.48. The molecular formula is C47H89N11O4S3. The zero-order chi connectivity index (χ0) is 52.1. The Labute approximate surface area is 407 Å². The summed E-state index contributed by atoms with van der Waals surface area (Å²) in [4.78, 5) is 24.2. The van der Waals surface area contributed by atoms with E-state index in [0.29, 0.717) is 5.89 Å². The molecule has 0 fully saturated rings. The van der Waals surface area contributed by atoms with Gasteiger partial charge in [0.25, 0.3) is 0 Å². The minimum atomic E-state index is 0.606. The average molecular weight is 969 g/mol. The zero-order valence-electron chi connectivity index (χ0n) is 44.9. The van der Waals surface area contributed by atoms with Gasteiger partial charge >= 0.3 is 0 Å². The van der Waals surface area contributed by atoms with Crippen LogP contribution in [0.1, 0.15) is 155 Å². The Bertz CT molecular complexity index is 1410. The number of hydrogen-bond acceptors (Lipinski definition) is 17. The van der Waals surface area contributed by atoms with Gasteiger partial charge in [-0.15, -0.1) is 54.4 Å². The van der Waals surface area contributed by atoms with E-state index in [0.717, 1.165) is 33.7 Å². The van der Waals surface area contributed by atoms with Crippen molar-refractivity contribution in [3.63, 3.8) is 0 Å². The number of aryl methyl sites for hydroxylation is 9. The van der Waals surface area contributed by atoms with E-state index in [1.54, 1.807) is 84.6 Å². The summed E-state index contributed by atoms with van der Waals surface area (Å²) in [6.07, 6.45) is 16.2. The molecule has 0 amide bonds. The normalized spacial score (nSPS) is 7.46. The molecule has 0 unspecified atom stereocenters. The van der Waals surface area contributed by atoms with Crippen molar-refractivity contribution < 1.29 is 17.7 Å². The molecule has 0 aliphatic carbocycles. The third-order valence-corrected chi connectivity index (χ3v) is 6.58. The Morgan fingerprint density at radius 1 is 0.508 bits per heavy atom. The van der Waals surface area contributed by atoms with Crippen LogP contribution in [0.3, 0.4) is 0 Å². The van der Waals surface area contributed by atoms with E-state index in [2.05, 4.69) is 59.1 Å². The Kier molecular flexibility index (Phi) is 83.5. The Hall–Kier alpha value is -5.20. The lowest BCUT2D eigenvalue weighted by Gasteiger charge is -1.78. The zero-order valence-corrected chi connectivity index (χ0v) is 47.3. The molecule has 15 nitrogen and oxygen atoms in total. The van der Waals surface area contributed by atoms with Crippen molar-refractivity contribution in [1.29, 1.82) is 0 Å². The Morgan fingerprint density at radius 2 is 1.12 bits per heavy atom. The fourth-order valence-corrected chi connectivity index (χ4v) is 3.70. The molecule has 8 aromatic heterocycles. The SMILES string of the molecule is CC.CC.CC.CC.CC.CC.CC.CC.Cc1cn(C)cn1.Cc1cnco1.Cc1cncs1.Cc1cocn1.Cc1cscn1.Cc1ncco1.Cc1nnco1.Cc1nncs1. The van der Waals surface area contributed by atoms with Crippen molar-refractivity contribution in [2.45, 2.75) is 166 Å². The molecule has 0 N–H and O–H groups in total. The van der Waals surface area contributed by atoms with Gasteiger partial charge in [-0.25, -0.2) is 19.9 Å². The van der Waals surface area contributed by atoms with Crippen LogP contribution in [0.5, 0.6) is 0 Å². The number of thiazole rings is 2. The molecule has 0 radical (unpaired) electrons. The summed E-state index contributed by atoms with van der Waals surface area (Å²) in [5.74, 6) is 2.18. The molecule has 8 heterocycles. The smallest absolute Gasteiger partial charge is 0.213 e. The second-order valence-corrected chi connectivity index (χ2v) is 12.0. The maximum atomic E-state index is 4.72. The molecule has 18 heteroatoms. The van der Waals surface area contributed by atoms with Crippen LogP contribution in [0, 0.1) is 55.4 Å². The van der Waals surface area contributed by atoms with Crippen molar-refractivity contribution >= 4 is 34.0 Å². The summed E-state index contributed by atoms with van der Waals surface area (Å²) in [6.45, 7) is 47.2. The molecule has 0 bridgehead atoms. The largest absolute Gasteiger partial charge is 0.452 e. The van der Waals surface area contributed by atoms with Gasteiger partial charge in [-0.2, -0.15) is 0 Å². The standard InChI is InChI=1S/C5H8N2.3C4H5NO.2C4H5NS.C3H4N2O.C3H4N2S.8C2H6/c1-5-3-7(2)4-6-5;1-4-2-6-3-5-4;1-4-2-5-3-6-4;1-4-5-2-3-6-4;1-4-2-6-3-5-4;1-4-2-5-3-6-4;2*1-3-5-4-2-6-3;8*1-2/h3-4H,1-2H3;5*2-3H,1H3;2*2H,1H3;8*1-2H3. The molecule has 374 valence electrons. The molecule has 65 heavy (non-hydrogen) atoms. The lowest BCUT2D eigenvalue weighted by atomic mass is 10.6. The first kappa shape index (κ1) is 77.1. The lowest BCUT2D eigenvalue weighted by molar-refractivity contribution is 0.518. The van der Waals surface area contributed by atoms with Crippen LogP contribution in [0.4, 0.5) is 0 Å². The van der Waals surface area contributed by atoms with Crippen LogP contribution in [-0.2, 0) is 7.05 Å². The van der Waals surface area contributed by atoms with Gasteiger partial charge in [0.15, 0.2) is 18.7 Å². The number of rotatable bonds is 0. The van der Waals surface area contributed by atoms with Crippen LogP contribution >= 0.6 is 34.0 Å². The van der Waals surface area contributed by atoms with Crippen molar-refractivity contribution in [3.05, 3.63) is 129 Å². The molecule has 0 aliphatic rings. The summed E-state index contributed by atoms with van der Waals surface area (Å²) in [7, 11) is 1.96. The maximum Gasteiger partial charge on any atom is 0.213 e. The molecule has 0 aliphatic heterocycles. The van der Waals surface area contributed by atoms with E-state index in [4.69, 9.17) is 8.83 Å². The van der Waals surface area contributed by atoms with E-state index >= 15 is 0 Å². The minimum Gasteiger partial charge on any atom is -0.452 e. The highest BCUT2D eigenvalue weighted by molar-refractivity contribution is 7.09. The number of nitrogens with zero attached hydrogens (tertiary/aromatic N) is 11. The molecule has 0 saturated heterocycles. The van der Waals surface area contributed by atoms with Gasteiger partial charge in [0.2, 0.25) is 12.3 Å². The van der Waals surface area contributed by atoms with Crippen LogP contribution in [0.15, 0.2) is 102 Å². The number of aromatic nitrogens is 11. The lowest BCUT2D eigenvalue weighted by Crippen LogP contribution is -1.76. The van der Waals surface area contributed by atoms with E-state index in [9.17, 15) is 0 Å². The van der Waals surface area contributed by atoms with E-state index in [1.807, 2.05) is 193 Å². The fraction of sp³-hybridized carbons (Fsp3) is 0.532. The van der Waals surface area contributed by atoms with Crippen molar-refractivity contribution in [2.24, 2.45) is 7.05 Å². The molecular weight excluding hydrogens is 879 g/mol. The number of hydrogen-bond donors (Lipinski definition) is 0. The van der Waals surface area contributed by atoms with Crippen LogP contribution in [0.2, 0.25) is 0 Å². The van der Waals surface area contributed by atoms with E-state index in [-0.39, 0.29) is 0 Å². The molecule has 0 spiro atoms. The predicted octanol–water partition coefficient (Wildman–Crippen LogP) is 16.0. The van der Waals surface area contributed by atoms with Gasteiger partial charge in [0.1, 0.15) is 28.8 Å². The summed E-state index contributed by atoms with van der Waals surface area (Å²) in [5, 5.41) is 17.2. The minimum absolute atomic E-state index is 0.606. The first-order valence-corrected chi connectivity index (χ1v) is 24.9. The Balaban J connectivity index is -0.0000000912. The summed E-state index contributed by atoms with van der Waals surface area (Å²) in [6, 6.07) is 0. The first-order valence-electron chi connectivity index (χ1n) is 22.2. The second-order valence-electron chi connectivity index (χ2n) is 9.13. The maximum absolute atomic E-state index is 4.72. The highest BCUT2D eigenvalue weighted by Gasteiger charge is 1.83. The number of imidazole rings is 1. The first-order chi connectivity index (χ1) is 31.5. The topological polar surface area (TPSA) is 186 Å². The predicted molar refractivity (Wildman–Crippen MR) is 280 cm³/mol. The Morgan fingerprint density at radius 3 is 1.25 bits per heavy atom. The van der Waals surface area contributed by atoms with Crippen LogP contribution in [-0.4, -0.2) is 54.9 Å². The van der Waals surface area contributed by atoms with Gasteiger partial charge in [0.05, 0.1) is 41.1 Å². The fourth-order valence-electron chi connectivity index (χ4n) is 2.40. The van der Waals surface area contributed by atoms with E-state index < -0.39 is 0 Å².